The van der Waals surface area contributed by atoms with E-state index in [9.17, 15) is 14.4 Å². The molecular weight excluding hydrogens is 502 g/mol. The van der Waals surface area contributed by atoms with Crippen LogP contribution in [0.3, 0.4) is 0 Å². The molecule has 2 aliphatic rings. The average Bonchev–Trinajstić information content (AvgIpc) is 3.57. The van der Waals surface area contributed by atoms with Crippen molar-refractivity contribution in [2.75, 3.05) is 25.5 Å². The molecule has 0 aliphatic carbocycles. The maximum atomic E-state index is 13.5. The largest absolute Gasteiger partial charge is 0.346 e. The fourth-order valence-corrected chi connectivity index (χ4v) is 6.57. The highest BCUT2D eigenvalue weighted by atomic mass is 32.1. The first-order chi connectivity index (χ1) is 18.4. The summed E-state index contributed by atoms with van der Waals surface area (Å²) in [5, 5.41) is 11.2. The number of rotatable bonds is 3. The first-order valence-electron chi connectivity index (χ1n) is 12.9. The third kappa shape index (κ3) is 4.51. The number of thiazole rings is 1. The van der Waals surface area contributed by atoms with E-state index < -0.39 is 11.8 Å². The number of fused-ring (bicyclic) bond motifs is 2. The molecule has 6 rings (SSSR count). The van der Waals surface area contributed by atoms with Gasteiger partial charge in [0.2, 0.25) is 5.91 Å². The molecule has 2 N–H and O–H groups in total. The maximum Gasteiger partial charge on any atom is 0.313 e. The molecule has 3 aromatic heterocycles. The standard InChI is InChI=1S/C27H29N7O3S/c1-15-3-5-22(34(14-15)27(37)25(36)30-20-12-28-13-21-18(20)11-29-32-21)16-4-6-23-19(9-16)31-26(38-23)17-7-8-33(2)24(35)10-17/h4,6,9,11-13,15,17,22H,3,5,7-8,10,14H2,1-2H3,(H,29,32)(H,30,36)/t15-,17-,22+/m0/s1. The van der Waals surface area contributed by atoms with E-state index in [4.69, 9.17) is 4.98 Å². The molecule has 2 aliphatic heterocycles. The summed E-state index contributed by atoms with van der Waals surface area (Å²) in [6.45, 7) is 3.35. The van der Waals surface area contributed by atoms with Crippen LogP contribution in [0.4, 0.5) is 5.69 Å². The predicted molar refractivity (Wildman–Crippen MR) is 145 cm³/mol. The fraction of sp³-hybridized carbons (Fsp3) is 0.407. The number of amides is 3. The number of likely N-dealkylation sites (tertiary alicyclic amines) is 2. The lowest BCUT2D eigenvalue weighted by Crippen LogP contribution is -2.46. The summed E-state index contributed by atoms with van der Waals surface area (Å²) in [6, 6.07) is 5.92. The minimum atomic E-state index is -0.691. The highest BCUT2D eigenvalue weighted by molar-refractivity contribution is 7.18. The number of nitrogens with zero attached hydrogens (tertiary/aromatic N) is 5. The number of aromatic nitrogens is 4. The van der Waals surface area contributed by atoms with Gasteiger partial charge in [-0.05, 0) is 42.9 Å². The number of pyridine rings is 1. The Labute approximate surface area is 223 Å². The van der Waals surface area contributed by atoms with E-state index >= 15 is 0 Å². The lowest BCUT2D eigenvalue weighted by molar-refractivity contribution is -0.146. The van der Waals surface area contributed by atoms with E-state index in [1.807, 2.05) is 19.2 Å². The topological polar surface area (TPSA) is 124 Å². The van der Waals surface area contributed by atoms with Gasteiger partial charge in [0.1, 0.15) is 0 Å². The van der Waals surface area contributed by atoms with Crippen LogP contribution in [-0.4, -0.2) is 67.8 Å². The van der Waals surface area contributed by atoms with E-state index in [1.54, 1.807) is 33.5 Å². The fourth-order valence-electron chi connectivity index (χ4n) is 5.49. The third-order valence-corrected chi connectivity index (χ3v) is 8.91. The number of carbonyl (C=O) groups excluding carboxylic acids is 3. The van der Waals surface area contributed by atoms with Gasteiger partial charge in [-0.25, -0.2) is 4.98 Å². The van der Waals surface area contributed by atoms with Crippen molar-refractivity contribution in [3.63, 3.8) is 0 Å². The van der Waals surface area contributed by atoms with Gasteiger partial charge in [-0.15, -0.1) is 11.3 Å². The van der Waals surface area contributed by atoms with Gasteiger partial charge in [0.15, 0.2) is 0 Å². The molecule has 5 heterocycles. The molecule has 0 unspecified atom stereocenters. The zero-order chi connectivity index (χ0) is 26.4. The molecule has 0 bridgehead atoms. The van der Waals surface area contributed by atoms with E-state index in [0.717, 1.165) is 46.6 Å². The van der Waals surface area contributed by atoms with Gasteiger partial charge in [0.25, 0.3) is 0 Å². The molecule has 11 heteroatoms. The Morgan fingerprint density at radius 1 is 1.16 bits per heavy atom. The van der Waals surface area contributed by atoms with E-state index in [1.165, 1.54) is 6.20 Å². The van der Waals surface area contributed by atoms with E-state index in [0.29, 0.717) is 35.5 Å². The summed E-state index contributed by atoms with van der Waals surface area (Å²) in [7, 11) is 1.84. The monoisotopic (exact) mass is 531 g/mol. The van der Waals surface area contributed by atoms with Crippen LogP contribution in [0.2, 0.25) is 0 Å². The summed E-state index contributed by atoms with van der Waals surface area (Å²) in [5.74, 6) is -0.663. The lowest BCUT2D eigenvalue weighted by Gasteiger charge is -2.38. The van der Waals surface area contributed by atoms with Crippen LogP contribution >= 0.6 is 11.3 Å². The molecule has 3 amide bonds. The van der Waals surface area contributed by atoms with Gasteiger partial charge in [-0.3, -0.25) is 24.5 Å². The number of benzene rings is 1. The van der Waals surface area contributed by atoms with Gasteiger partial charge in [-0.1, -0.05) is 13.0 Å². The first kappa shape index (κ1) is 24.5. The Morgan fingerprint density at radius 2 is 2.03 bits per heavy atom. The Morgan fingerprint density at radius 3 is 2.87 bits per heavy atom. The smallest absolute Gasteiger partial charge is 0.313 e. The molecule has 2 saturated heterocycles. The van der Waals surface area contributed by atoms with Gasteiger partial charge < -0.3 is 15.1 Å². The van der Waals surface area contributed by atoms with Crippen molar-refractivity contribution in [2.45, 2.75) is 44.6 Å². The van der Waals surface area contributed by atoms with Crippen molar-refractivity contribution in [3.8, 4) is 0 Å². The van der Waals surface area contributed by atoms with Crippen molar-refractivity contribution < 1.29 is 14.4 Å². The first-order valence-corrected chi connectivity index (χ1v) is 13.7. The summed E-state index contributed by atoms with van der Waals surface area (Å²) >= 11 is 1.64. The molecule has 0 saturated carbocycles. The molecule has 4 aromatic rings. The van der Waals surface area contributed by atoms with E-state index in [2.05, 4.69) is 33.5 Å². The molecule has 196 valence electrons. The Hall–Kier alpha value is -3.86. The summed E-state index contributed by atoms with van der Waals surface area (Å²) in [5.41, 5.74) is 2.97. The molecule has 10 nitrogen and oxygen atoms in total. The zero-order valence-corrected chi connectivity index (χ0v) is 22.1. The van der Waals surface area contributed by atoms with Crippen LogP contribution in [0.5, 0.6) is 0 Å². The molecule has 2 fully saturated rings. The van der Waals surface area contributed by atoms with E-state index in [-0.39, 0.29) is 17.9 Å². The normalized spacial score (nSPS) is 22.3. The van der Waals surface area contributed by atoms with Crippen molar-refractivity contribution >= 4 is 55.9 Å². The molecular formula is C27H29N7O3S. The van der Waals surface area contributed by atoms with Crippen molar-refractivity contribution in [1.29, 1.82) is 0 Å². The number of piperidine rings is 2. The molecule has 1 aromatic carbocycles. The van der Waals surface area contributed by atoms with Crippen LogP contribution in [0.15, 0.2) is 36.8 Å². The van der Waals surface area contributed by atoms with Gasteiger partial charge in [0.05, 0.1) is 51.1 Å². The number of hydrogen-bond donors (Lipinski definition) is 2. The van der Waals surface area contributed by atoms with Crippen LogP contribution in [-0.2, 0) is 14.4 Å². The predicted octanol–water partition coefficient (Wildman–Crippen LogP) is 3.84. The second kappa shape index (κ2) is 9.79. The van der Waals surface area contributed by atoms with Crippen LogP contribution in [0, 0.1) is 5.92 Å². The summed E-state index contributed by atoms with van der Waals surface area (Å²) in [6.07, 6.45) is 7.87. The average molecular weight is 532 g/mol. The molecule has 38 heavy (non-hydrogen) atoms. The summed E-state index contributed by atoms with van der Waals surface area (Å²) in [4.78, 5) is 51.3. The number of aromatic amines is 1. The number of nitrogens with one attached hydrogen (secondary N) is 2. The SMILES string of the molecule is C[C@H]1CC[C@H](c2ccc3sc([C@H]4CCN(C)C(=O)C4)nc3c2)N(C(=O)C(=O)Nc2cncc3[nH]ncc23)C1. The number of anilines is 1. The quantitative estimate of drug-likeness (QED) is 0.387. The molecule has 0 radical (unpaired) electrons. The third-order valence-electron chi connectivity index (χ3n) is 7.71. The molecule has 0 spiro atoms. The Bertz CT molecular complexity index is 1550. The Balaban J connectivity index is 1.24. The van der Waals surface area contributed by atoms with Crippen molar-refractivity contribution in [2.24, 2.45) is 5.92 Å². The van der Waals surface area contributed by atoms with Crippen molar-refractivity contribution in [3.05, 3.63) is 47.4 Å². The number of H-pyrrole nitrogens is 1. The van der Waals surface area contributed by atoms with Gasteiger partial charge >= 0.3 is 11.8 Å². The number of carbonyl (C=O) groups is 3. The number of hydrogen-bond acceptors (Lipinski definition) is 7. The Kier molecular flexibility index (Phi) is 6.30. The zero-order valence-electron chi connectivity index (χ0n) is 21.3. The van der Waals surface area contributed by atoms with Gasteiger partial charge in [0, 0.05) is 37.9 Å². The minimum absolute atomic E-state index is 0.144. The highest BCUT2D eigenvalue weighted by Crippen LogP contribution is 2.38. The van der Waals surface area contributed by atoms with Crippen LogP contribution in [0.1, 0.15) is 55.1 Å². The molecule has 3 atom stereocenters. The second-order valence-electron chi connectivity index (χ2n) is 10.4. The van der Waals surface area contributed by atoms with Crippen LogP contribution < -0.4 is 5.32 Å². The highest BCUT2D eigenvalue weighted by Gasteiger charge is 2.35. The van der Waals surface area contributed by atoms with Crippen molar-refractivity contribution in [1.82, 2.24) is 30.0 Å². The minimum Gasteiger partial charge on any atom is -0.346 e. The van der Waals surface area contributed by atoms with Gasteiger partial charge in [-0.2, -0.15) is 5.10 Å². The maximum absolute atomic E-state index is 13.5. The van der Waals surface area contributed by atoms with Crippen LogP contribution in [0.25, 0.3) is 21.1 Å². The lowest BCUT2D eigenvalue weighted by atomic mass is 9.89. The summed E-state index contributed by atoms with van der Waals surface area (Å²) < 4.78 is 1.07. The second-order valence-corrected chi connectivity index (χ2v) is 11.5.